The van der Waals surface area contributed by atoms with Gasteiger partial charge in [-0.05, 0) is 65.3 Å². The molecule has 0 aliphatic rings. The Labute approximate surface area is 179 Å². The zero-order valence-corrected chi connectivity index (χ0v) is 17.8. The summed E-state index contributed by atoms with van der Waals surface area (Å²) in [5.41, 5.74) is 2.59. The number of fused-ring (bicyclic) bond motifs is 1. The third-order valence-electron chi connectivity index (χ3n) is 4.98. The highest BCUT2D eigenvalue weighted by atomic mass is 35.5. The number of nitrogens with zero attached hydrogens (tertiary/aromatic N) is 2. The molecule has 0 unspecified atom stereocenters. The molecule has 0 aliphatic heterocycles. The van der Waals surface area contributed by atoms with Crippen molar-refractivity contribution >= 4 is 34.8 Å². The zero-order valence-electron chi connectivity index (χ0n) is 17.0. The van der Waals surface area contributed by atoms with Crippen molar-refractivity contribution in [2.75, 3.05) is 26.2 Å². The molecule has 0 aromatic heterocycles. The molecule has 4 heteroatoms. The highest BCUT2D eigenvalue weighted by Gasteiger charge is 2.05. The second kappa shape index (κ2) is 11.3. The minimum atomic E-state index is 0. The fourth-order valence-electron chi connectivity index (χ4n) is 3.28. The van der Waals surface area contributed by atoms with Crippen LogP contribution >= 0.6 is 12.4 Å². The molecule has 150 valence electrons. The zero-order chi connectivity index (χ0) is 19.8. The smallest absolute Gasteiger partial charge is 0.119 e. The van der Waals surface area contributed by atoms with Crippen molar-refractivity contribution in [3.63, 3.8) is 0 Å². The maximum Gasteiger partial charge on any atom is 0.119 e. The number of benzene rings is 3. The Balaban J connectivity index is 0.00000300. The van der Waals surface area contributed by atoms with Crippen LogP contribution in [0, 0.1) is 11.3 Å². The lowest BCUT2D eigenvalue weighted by Gasteiger charge is -2.18. The third kappa shape index (κ3) is 5.84. The molecule has 0 saturated heterocycles. The lowest BCUT2D eigenvalue weighted by atomic mass is 9.99. The van der Waals surface area contributed by atoms with Crippen LogP contribution in [0.25, 0.3) is 22.4 Å². The Morgan fingerprint density at radius 3 is 2.34 bits per heavy atom. The number of hydrogen-bond donors (Lipinski definition) is 0. The van der Waals surface area contributed by atoms with Gasteiger partial charge >= 0.3 is 0 Å². The monoisotopic (exact) mass is 406 g/mol. The van der Waals surface area contributed by atoms with Gasteiger partial charge in [0, 0.05) is 6.54 Å². The number of halogens is 1. The van der Waals surface area contributed by atoms with Gasteiger partial charge in [-0.15, -0.1) is 12.4 Å². The Hall–Kier alpha value is -2.80. The van der Waals surface area contributed by atoms with E-state index >= 15 is 0 Å². The molecular formula is C25H27ClN2O. The van der Waals surface area contributed by atoms with Gasteiger partial charge in [0.05, 0.1) is 11.6 Å². The molecule has 0 N–H and O–H groups in total. The molecule has 3 aromatic carbocycles. The topological polar surface area (TPSA) is 36.3 Å². The molecule has 0 fully saturated rings. The van der Waals surface area contributed by atoms with Crippen LogP contribution in [0.2, 0.25) is 0 Å². The number of likely N-dealkylation sites (N-methyl/N-ethyl adjacent to an activating group) is 1. The molecule has 0 spiro atoms. The van der Waals surface area contributed by atoms with E-state index in [4.69, 9.17) is 4.74 Å². The first-order valence-corrected chi connectivity index (χ1v) is 9.80. The van der Waals surface area contributed by atoms with Gasteiger partial charge in [-0.1, -0.05) is 56.3 Å². The quantitative estimate of drug-likeness (QED) is 0.337. The highest BCUT2D eigenvalue weighted by molar-refractivity contribution is 5.98. The summed E-state index contributed by atoms with van der Waals surface area (Å²) in [6.07, 6.45) is 1.96. The van der Waals surface area contributed by atoms with Gasteiger partial charge in [0.25, 0.3) is 0 Å². The van der Waals surface area contributed by atoms with E-state index in [2.05, 4.69) is 43.0 Å². The standard InChI is InChI=1S/C25H26N2O.ClH/c1-3-27(4-2)16-17-28-24-14-12-20(13-15-24)23(19-26)18-22-10-7-9-21-8-5-6-11-25(21)22;/h5-15,18H,3-4,16-17H2,1-2H3;1H. The number of hydrogen-bond acceptors (Lipinski definition) is 3. The molecule has 0 bridgehead atoms. The van der Waals surface area contributed by atoms with Gasteiger partial charge in [0.2, 0.25) is 0 Å². The average molecular weight is 407 g/mol. The molecule has 0 amide bonds. The fraction of sp³-hybridized carbons (Fsp3) is 0.240. The predicted molar refractivity (Wildman–Crippen MR) is 124 cm³/mol. The van der Waals surface area contributed by atoms with Gasteiger partial charge in [-0.25, -0.2) is 0 Å². The third-order valence-corrected chi connectivity index (χ3v) is 4.98. The Morgan fingerprint density at radius 2 is 1.66 bits per heavy atom. The summed E-state index contributed by atoms with van der Waals surface area (Å²) < 4.78 is 5.84. The molecule has 3 aromatic rings. The summed E-state index contributed by atoms with van der Waals surface area (Å²) in [5, 5.41) is 12.0. The van der Waals surface area contributed by atoms with Crippen LogP contribution in [0.5, 0.6) is 5.75 Å². The maximum atomic E-state index is 9.68. The maximum absolute atomic E-state index is 9.68. The molecule has 3 rings (SSSR count). The van der Waals surface area contributed by atoms with Crippen molar-refractivity contribution in [2.24, 2.45) is 0 Å². The van der Waals surface area contributed by atoms with Crippen molar-refractivity contribution in [3.8, 4) is 11.8 Å². The van der Waals surface area contributed by atoms with Gasteiger partial charge in [0.1, 0.15) is 12.4 Å². The first kappa shape index (κ1) is 22.5. The van der Waals surface area contributed by atoms with Crippen LogP contribution < -0.4 is 4.74 Å². The first-order valence-electron chi connectivity index (χ1n) is 9.80. The van der Waals surface area contributed by atoms with E-state index in [0.717, 1.165) is 41.9 Å². The summed E-state index contributed by atoms with van der Waals surface area (Å²) >= 11 is 0. The van der Waals surface area contributed by atoms with Crippen LogP contribution in [0.4, 0.5) is 0 Å². The van der Waals surface area contributed by atoms with Crippen LogP contribution in [-0.4, -0.2) is 31.1 Å². The van der Waals surface area contributed by atoms with E-state index in [0.29, 0.717) is 12.2 Å². The van der Waals surface area contributed by atoms with Crippen molar-refractivity contribution in [3.05, 3.63) is 77.9 Å². The molecule has 0 saturated carbocycles. The van der Waals surface area contributed by atoms with E-state index < -0.39 is 0 Å². The van der Waals surface area contributed by atoms with E-state index in [1.54, 1.807) is 0 Å². The molecule has 0 heterocycles. The molecule has 0 atom stereocenters. The highest BCUT2D eigenvalue weighted by Crippen LogP contribution is 2.25. The Bertz CT molecular complexity index is 980. The number of ether oxygens (including phenoxy) is 1. The normalized spacial score (nSPS) is 11.2. The van der Waals surface area contributed by atoms with E-state index in [9.17, 15) is 5.26 Å². The van der Waals surface area contributed by atoms with E-state index in [1.165, 1.54) is 5.39 Å². The lowest BCUT2D eigenvalue weighted by molar-refractivity contribution is 0.223. The minimum Gasteiger partial charge on any atom is -0.492 e. The first-order chi connectivity index (χ1) is 13.7. The molecular weight excluding hydrogens is 380 g/mol. The fourth-order valence-corrected chi connectivity index (χ4v) is 3.28. The number of rotatable bonds is 8. The van der Waals surface area contributed by atoms with Gasteiger partial charge in [-0.2, -0.15) is 5.26 Å². The van der Waals surface area contributed by atoms with Gasteiger partial charge < -0.3 is 9.64 Å². The van der Waals surface area contributed by atoms with Crippen molar-refractivity contribution < 1.29 is 4.74 Å². The molecule has 3 nitrogen and oxygen atoms in total. The summed E-state index contributed by atoms with van der Waals surface area (Å²) in [6, 6.07) is 24.5. The molecule has 0 radical (unpaired) electrons. The lowest BCUT2D eigenvalue weighted by Crippen LogP contribution is -2.27. The second-order valence-corrected chi connectivity index (χ2v) is 6.64. The van der Waals surface area contributed by atoms with Crippen LogP contribution in [-0.2, 0) is 0 Å². The average Bonchev–Trinajstić information content (AvgIpc) is 2.76. The molecule has 0 aliphatic carbocycles. The van der Waals surface area contributed by atoms with E-state index in [-0.39, 0.29) is 12.4 Å². The van der Waals surface area contributed by atoms with Crippen LogP contribution in [0.15, 0.2) is 66.7 Å². The number of allylic oxidation sites excluding steroid dienone is 1. The Morgan fingerprint density at radius 1 is 0.966 bits per heavy atom. The van der Waals surface area contributed by atoms with Crippen molar-refractivity contribution in [2.45, 2.75) is 13.8 Å². The van der Waals surface area contributed by atoms with Gasteiger partial charge in [0.15, 0.2) is 0 Å². The molecule has 29 heavy (non-hydrogen) atoms. The summed E-state index contributed by atoms with van der Waals surface area (Å²) in [6.45, 7) is 7.96. The summed E-state index contributed by atoms with van der Waals surface area (Å²) in [7, 11) is 0. The van der Waals surface area contributed by atoms with Crippen molar-refractivity contribution in [1.82, 2.24) is 4.90 Å². The van der Waals surface area contributed by atoms with Gasteiger partial charge in [-0.3, -0.25) is 0 Å². The van der Waals surface area contributed by atoms with Crippen LogP contribution in [0.3, 0.4) is 0 Å². The minimum absolute atomic E-state index is 0. The largest absolute Gasteiger partial charge is 0.492 e. The second-order valence-electron chi connectivity index (χ2n) is 6.64. The Kier molecular flexibility index (Phi) is 8.73. The van der Waals surface area contributed by atoms with Crippen molar-refractivity contribution in [1.29, 1.82) is 5.26 Å². The van der Waals surface area contributed by atoms with E-state index in [1.807, 2.05) is 54.6 Å². The number of nitriles is 1. The predicted octanol–water partition coefficient (Wildman–Crippen LogP) is 6.05. The summed E-state index contributed by atoms with van der Waals surface area (Å²) in [4.78, 5) is 2.33. The summed E-state index contributed by atoms with van der Waals surface area (Å²) in [5.74, 6) is 0.832. The SMILES string of the molecule is CCN(CC)CCOc1ccc(C(C#N)=Cc2cccc3ccccc23)cc1.Cl. The van der Waals surface area contributed by atoms with Crippen LogP contribution in [0.1, 0.15) is 25.0 Å².